The number of aromatic nitrogens is 3. The van der Waals surface area contributed by atoms with Gasteiger partial charge in [0.2, 0.25) is 0 Å². The van der Waals surface area contributed by atoms with E-state index in [1.54, 1.807) is 0 Å². The molecular weight excluding hydrogens is 874 g/mol. The van der Waals surface area contributed by atoms with Crippen LogP contribution in [0.3, 0.4) is 0 Å². The fraction of sp³-hybridized carbons (Fsp3) is 0. The van der Waals surface area contributed by atoms with E-state index in [0.717, 1.165) is 0 Å². The lowest BCUT2D eigenvalue weighted by Crippen LogP contribution is -2.03. The average molecular weight is 874 g/mol. The van der Waals surface area contributed by atoms with E-state index in [0.29, 0.717) is 0 Å². The molecule has 42 heavy (non-hydrogen) atoms. The molecule has 1 heterocycles. The third-order valence-electron chi connectivity index (χ3n) is 4.77. The first-order chi connectivity index (χ1) is 19.6. The minimum Gasteiger partial charge on any atom is -0.443 e. The largest absolute Gasteiger partial charge is 0.443 e. The Hall–Kier alpha value is 0.420. The van der Waals surface area contributed by atoms with Crippen molar-refractivity contribution in [3.8, 4) is 34.8 Å². The van der Waals surface area contributed by atoms with Crippen molar-refractivity contribution in [3.63, 3.8) is 0 Å². The summed E-state index contributed by atoms with van der Waals surface area (Å²) in [7, 11) is 0. The maximum absolute atomic E-state index is 6.36. The number of rotatable bonds is 6. The van der Waals surface area contributed by atoms with Gasteiger partial charge in [-0.1, -0.05) is 184 Å². The van der Waals surface area contributed by atoms with Gasteiger partial charge in [0.05, 0.1) is 45.2 Å². The molecule has 0 fully saturated rings. The van der Waals surface area contributed by atoms with Crippen LogP contribution < -0.4 is 14.2 Å². The van der Waals surface area contributed by atoms with Gasteiger partial charge in [-0.2, -0.15) is 0 Å². The van der Waals surface area contributed by atoms with Crippen molar-refractivity contribution in [1.29, 1.82) is 0 Å². The second kappa shape index (κ2) is 14.0. The number of halogens is 15. The lowest BCUT2D eigenvalue weighted by atomic mass is 10.3. The summed E-state index contributed by atoms with van der Waals surface area (Å²) in [5.74, 6) is -2.58. The van der Waals surface area contributed by atoms with Gasteiger partial charge in [0.1, 0.15) is 30.1 Å². The van der Waals surface area contributed by atoms with Crippen molar-refractivity contribution < 1.29 is 14.2 Å². The Morgan fingerprint density at radius 1 is 0.262 bits per heavy atom. The summed E-state index contributed by atoms with van der Waals surface area (Å²) in [5, 5.41) is 7.90. The minimum atomic E-state index is -0.536. The topological polar surface area (TPSA) is 66.4 Å². The third kappa shape index (κ3) is 6.48. The number of nitrogens with zero attached hydrogens (tertiary/aromatic N) is 3. The molecular formula is C21Cl15N3O3. The molecule has 0 aliphatic rings. The van der Waals surface area contributed by atoms with Crippen molar-refractivity contribution in [3.05, 3.63) is 75.3 Å². The zero-order valence-electron chi connectivity index (χ0n) is 18.7. The summed E-state index contributed by atoms with van der Waals surface area (Å²) in [4.78, 5) is 0. The van der Waals surface area contributed by atoms with Crippen LogP contribution in [0.4, 0.5) is 0 Å². The molecule has 4 rings (SSSR count). The molecule has 0 spiro atoms. The van der Waals surface area contributed by atoms with Crippen LogP contribution in [0.25, 0.3) is 0 Å². The number of benzene rings is 3. The van der Waals surface area contributed by atoms with Crippen LogP contribution in [0, 0.1) is 0 Å². The first-order valence-electron chi connectivity index (χ1n) is 9.91. The molecule has 0 aliphatic heterocycles. The first kappa shape index (κ1) is 35.3. The lowest BCUT2D eigenvalue weighted by Gasteiger charge is -2.19. The average Bonchev–Trinajstić information content (AvgIpc) is 2.98. The van der Waals surface area contributed by atoms with Gasteiger partial charge in [0, 0.05) is 0 Å². The number of ether oxygens (including phenoxy) is 3. The summed E-state index contributed by atoms with van der Waals surface area (Å²) in [6.07, 6.45) is 0. The summed E-state index contributed by atoms with van der Waals surface area (Å²) in [5.41, 5.74) is 0. The molecule has 0 amide bonds. The van der Waals surface area contributed by atoms with Crippen molar-refractivity contribution >= 4 is 174 Å². The Labute approximate surface area is 310 Å². The Morgan fingerprint density at radius 3 is 0.738 bits per heavy atom. The highest BCUT2D eigenvalue weighted by atomic mass is 35.5. The first-order valence-corrected chi connectivity index (χ1v) is 15.6. The Bertz CT molecular complexity index is 1610. The van der Waals surface area contributed by atoms with E-state index in [4.69, 9.17) is 188 Å². The van der Waals surface area contributed by atoms with Gasteiger partial charge in [0.25, 0.3) is 17.5 Å². The fourth-order valence-electron chi connectivity index (χ4n) is 2.83. The molecule has 0 unspecified atom stereocenters. The van der Waals surface area contributed by atoms with Crippen LogP contribution >= 0.6 is 174 Å². The monoisotopic (exact) mass is 867 g/mol. The van der Waals surface area contributed by atoms with Crippen LogP contribution in [-0.4, -0.2) is 15.4 Å². The molecule has 0 saturated carbocycles. The molecule has 222 valence electrons. The van der Waals surface area contributed by atoms with Crippen LogP contribution in [0.1, 0.15) is 0 Å². The number of hydrogen-bond acceptors (Lipinski definition) is 6. The van der Waals surface area contributed by atoms with Crippen LogP contribution in [0.5, 0.6) is 34.8 Å². The summed E-state index contributed by atoms with van der Waals surface area (Å²) in [6.45, 7) is 0. The molecule has 0 saturated heterocycles. The summed E-state index contributed by atoms with van der Waals surface area (Å²) in [6, 6.07) is 0. The molecule has 0 bridgehead atoms. The van der Waals surface area contributed by atoms with E-state index < -0.39 is 17.5 Å². The smallest absolute Gasteiger partial charge is 0.290 e. The van der Waals surface area contributed by atoms with Gasteiger partial charge in [-0.15, -0.1) is 0 Å². The molecule has 0 radical (unpaired) electrons. The summed E-state index contributed by atoms with van der Waals surface area (Å²) < 4.78 is 17.5. The second-order valence-corrected chi connectivity index (χ2v) is 12.9. The van der Waals surface area contributed by atoms with Gasteiger partial charge in [-0.05, 0) is 5.21 Å². The molecule has 4 aromatic rings. The molecule has 0 aliphatic carbocycles. The van der Waals surface area contributed by atoms with Gasteiger partial charge in [-0.3, -0.25) is 0 Å². The van der Waals surface area contributed by atoms with E-state index in [2.05, 4.69) is 15.4 Å². The Balaban J connectivity index is 1.98. The van der Waals surface area contributed by atoms with Crippen molar-refractivity contribution in [2.45, 2.75) is 0 Å². The maximum Gasteiger partial charge on any atom is 0.290 e. The quantitative estimate of drug-likeness (QED) is 0.142. The zero-order valence-corrected chi connectivity index (χ0v) is 30.1. The van der Waals surface area contributed by atoms with Crippen LogP contribution in [-0.2, 0) is 0 Å². The SMILES string of the molecule is Clc1c(Cl)c(Cl)c(Oc2nnnc(Oc3c(Cl)c(Cl)c(Cl)c(Cl)c3Cl)c2Oc2c(Cl)c(Cl)c(Cl)c(Cl)c2Cl)c(Cl)c1Cl. The van der Waals surface area contributed by atoms with E-state index in [1.165, 1.54) is 0 Å². The second-order valence-electron chi connectivity index (χ2n) is 7.23. The van der Waals surface area contributed by atoms with Crippen molar-refractivity contribution in [1.82, 2.24) is 15.4 Å². The maximum atomic E-state index is 6.36. The number of hydrogen-bond donors (Lipinski definition) is 0. The molecule has 0 N–H and O–H groups in total. The predicted octanol–water partition coefficient (Wildman–Crippen LogP) is 15.0. The standard InChI is InChI=1S/C21Cl15N3O3/c22-1-4(25)10(31)16(11(32)5(1)26)40-19-20(41-17-12(33)6(27)2(23)7(28)13(17)34)37-39-38-21(19)42-18-14(35)8(29)3(24)9(30)15(18)36. The highest BCUT2D eigenvalue weighted by molar-refractivity contribution is 6.57. The van der Waals surface area contributed by atoms with Crippen LogP contribution in [0.15, 0.2) is 0 Å². The highest BCUT2D eigenvalue weighted by Crippen LogP contribution is 2.55. The van der Waals surface area contributed by atoms with Crippen LogP contribution in [0.2, 0.25) is 75.3 Å². The third-order valence-corrected chi connectivity index (χ3v) is 11.5. The van der Waals surface area contributed by atoms with E-state index >= 15 is 0 Å². The predicted molar refractivity (Wildman–Crippen MR) is 175 cm³/mol. The molecule has 0 atom stereocenters. The normalized spacial score (nSPS) is 11.2. The summed E-state index contributed by atoms with van der Waals surface area (Å²) >= 11 is 93.3. The van der Waals surface area contributed by atoms with Gasteiger partial charge in [-0.25, -0.2) is 0 Å². The zero-order chi connectivity index (χ0) is 31.4. The minimum absolute atomic E-state index is 0.146. The highest BCUT2D eigenvalue weighted by Gasteiger charge is 2.30. The van der Waals surface area contributed by atoms with E-state index in [-0.39, 0.29) is 92.6 Å². The van der Waals surface area contributed by atoms with Crippen molar-refractivity contribution in [2.75, 3.05) is 0 Å². The van der Waals surface area contributed by atoms with Gasteiger partial charge < -0.3 is 14.2 Å². The van der Waals surface area contributed by atoms with Gasteiger partial charge in [0.15, 0.2) is 17.2 Å². The van der Waals surface area contributed by atoms with Crippen molar-refractivity contribution in [2.24, 2.45) is 0 Å². The van der Waals surface area contributed by atoms with Gasteiger partial charge >= 0.3 is 0 Å². The lowest BCUT2D eigenvalue weighted by molar-refractivity contribution is 0.354. The van der Waals surface area contributed by atoms with E-state index in [9.17, 15) is 0 Å². The molecule has 21 heteroatoms. The van der Waals surface area contributed by atoms with E-state index in [1.807, 2.05) is 0 Å². The fourth-order valence-corrected chi connectivity index (χ4v) is 6.42. The molecule has 6 nitrogen and oxygen atoms in total. The Morgan fingerprint density at radius 2 is 0.476 bits per heavy atom. The molecule has 1 aromatic heterocycles. The Kier molecular flexibility index (Phi) is 11.8. The molecule has 3 aromatic carbocycles.